The van der Waals surface area contributed by atoms with E-state index in [1.807, 2.05) is 24.3 Å². The molecule has 0 heterocycles. The molecule has 0 aliphatic heterocycles. The lowest BCUT2D eigenvalue weighted by atomic mass is 10.0. The maximum absolute atomic E-state index is 11.8. The largest absolute Gasteiger partial charge is 0.352 e. The highest BCUT2D eigenvalue weighted by Gasteiger charge is 2.23. The Kier molecular flexibility index (Phi) is 4.52. The fourth-order valence-corrected chi connectivity index (χ4v) is 1.85. The third-order valence-electron chi connectivity index (χ3n) is 3.08. The number of benzene rings is 1. The number of hydrogen-bond acceptors (Lipinski definition) is 3. The summed E-state index contributed by atoms with van der Waals surface area (Å²) in [6, 6.07) is 7.88. The van der Waals surface area contributed by atoms with Crippen LogP contribution in [0.5, 0.6) is 0 Å². The van der Waals surface area contributed by atoms with E-state index in [0.29, 0.717) is 12.6 Å². The molecule has 102 valence electrons. The van der Waals surface area contributed by atoms with Crippen molar-refractivity contribution in [1.29, 1.82) is 0 Å². The van der Waals surface area contributed by atoms with Gasteiger partial charge in [-0.25, -0.2) is 0 Å². The first-order valence-corrected chi connectivity index (χ1v) is 6.52. The molecule has 0 aromatic heterocycles. The lowest BCUT2D eigenvalue weighted by Gasteiger charge is -2.08. The topological polar surface area (TPSA) is 84.2 Å². The van der Waals surface area contributed by atoms with Crippen LogP contribution in [0.4, 0.5) is 0 Å². The minimum absolute atomic E-state index is 0.0418. The Hall–Kier alpha value is -1.88. The fourth-order valence-electron chi connectivity index (χ4n) is 1.85. The minimum Gasteiger partial charge on any atom is -0.352 e. The summed E-state index contributed by atoms with van der Waals surface area (Å²) in [5, 5.41) is 5.45. The van der Waals surface area contributed by atoms with Crippen LogP contribution in [0.2, 0.25) is 0 Å². The Morgan fingerprint density at radius 3 is 2.47 bits per heavy atom. The minimum atomic E-state index is -0.160. The Balaban J connectivity index is 1.78. The van der Waals surface area contributed by atoms with Crippen LogP contribution in [0.25, 0.3) is 0 Å². The number of hydrogen-bond donors (Lipinski definition) is 3. The molecule has 0 spiro atoms. The smallest absolute Gasteiger partial charge is 0.239 e. The summed E-state index contributed by atoms with van der Waals surface area (Å²) in [5.74, 6) is -0.283. The molecule has 1 aromatic rings. The van der Waals surface area contributed by atoms with Gasteiger partial charge in [0.05, 0.1) is 13.0 Å². The summed E-state index contributed by atoms with van der Waals surface area (Å²) >= 11 is 0. The van der Waals surface area contributed by atoms with E-state index in [-0.39, 0.29) is 24.8 Å². The third-order valence-corrected chi connectivity index (χ3v) is 3.08. The molecule has 0 atom stereocenters. The summed E-state index contributed by atoms with van der Waals surface area (Å²) in [6.07, 6.45) is 2.34. The number of carbonyl (C=O) groups excluding carboxylic acids is 2. The van der Waals surface area contributed by atoms with Gasteiger partial charge in [-0.2, -0.15) is 0 Å². The zero-order valence-corrected chi connectivity index (χ0v) is 10.8. The van der Waals surface area contributed by atoms with Gasteiger partial charge >= 0.3 is 0 Å². The zero-order chi connectivity index (χ0) is 13.7. The molecule has 5 heteroatoms. The summed E-state index contributed by atoms with van der Waals surface area (Å²) in [5.41, 5.74) is 7.48. The Bertz CT molecular complexity index is 470. The van der Waals surface area contributed by atoms with Crippen molar-refractivity contribution in [1.82, 2.24) is 10.6 Å². The molecular formula is C14H19N3O2. The molecule has 5 nitrogen and oxygen atoms in total. The molecule has 1 aliphatic carbocycles. The summed E-state index contributed by atoms with van der Waals surface area (Å²) in [4.78, 5) is 23.2. The average molecular weight is 261 g/mol. The molecule has 1 fully saturated rings. The van der Waals surface area contributed by atoms with E-state index in [0.717, 1.165) is 24.0 Å². The van der Waals surface area contributed by atoms with E-state index in [2.05, 4.69) is 10.6 Å². The van der Waals surface area contributed by atoms with Gasteiger partial charge in [-0.3, -0.25) is 9.59 Å². The van der Waals surface area contributed by atoms with Crippen molar-refractivity contribution >= 4 is 11.8 Å². The summed E-state index contributed by atoms with van der Waals surface area (Å²) < 4.78 is 0. The number of rotatable bonds is 6. The normalized spacial score (nSPS) is 13.9. The molecule has 0 saturated heterocycles. The predicted octanol–water partition coefficient (Wildman–Crippen LogP) is 0.0826. The lowest BCUT2D eigenvalue weighted by Crippen LogP contribution is -2.38. The van der Waals surface area contributed by atoms with Gasteiger partial charge in [-0.15, -0.1) is 0 Å². The molecule has 1 saturated carbocycles. The van der Waals surface area contributed by atoms with E-state index in [1.165, 1.54) is 0 Å². The van der Waals surface area contributed by atoms with Crippen molar-refractivity contribution < 1.29 is 9.59 Å². The van der Waals surface area contributed by atoms with Crippen LogP contribution < -0.4 is 16.4 Å². The quantitative estimate of drug-likeness (QED) is 0.678. The Labute approximate surface area is 112 Å². The van der Waals surface area contributed by atoms with Gasteiger partial charge in [-0.05, 0) is 24.0 Å². The van der Waals surface area contributed by atoms with Gasteiger partial charge in [0.1, 0.15) is 0 Å². The third kappa shape index (κ3) is 4.37. The highest BCUT2D eigenvalue weighted by atomic mass is 16.2. The van der Waals surface area contributed by atoms with Crippen LogP contribution in [0.3, 0.4) is 0 Å². The molecule has 2 rings (SSSR count). The van der Waals surface area contributed by atoms with Gasteiger partial charge in [-0.1, -0.05) is 24.3 Å². The number of carbonyl (C=O) groups is 2. The summed E-state index contributed by atoms with van der Waals surface area (Å²) in [6.45, 7) is 0.450. The molecule has 4 N–H and O–H groups in total. The van der Waals surface area contributed by atoms with E-state index < -0.39 is 0 Å². The highest BCUT2D eigenvalue weighted by Crippen LogP contribution is 2.18. The van der Waals surface area contributed by atoms with Crippen LogP contribution in [0.15, 0.2) is 24.3 Å². The highest BCUT2D eigenvalue weighted by molar-refractivity contribution is 5.86. The van der Waals surface area contributed by atoms with Gasteiger partial charge in [0.15, 0.2) is 0 Å². The van der Waals surface area contributed by atoms with Crippen LogP contribution in [0.1, 0.15) is 24.0 Å². The molecule has 2 amide bonds. The molecule has 1 aliphatic rings. The average Bonchev–Trinajstić information content (AvgIpc) is 3.21. The first-order chi connectivity index (χ1) is 9.19. The Morgan fingerprint density at radius 1 is 1.16 bits per heavy atom. The van der Waals surface area contributed by atoms with Crippen molar-refractivity contribution in [2.45, 2.75) is 31.8 Å². The monoisotopic (exact) mass is 261 g/mol. The maximum Gasteiger partial charge on any atom is 0.239 e. The van der Waals surface area contributed by atoms with Crippen LogP contribution >= 0.6 is 0 Å². The van der Waals surface area contributed by atoms with E-state index >= 15 is 0 Å². The molecule has 0 bridgehead atoms. The fraction of sp³-hybridized carbons (Fsp3) is 0.429. The van der Waals surface area contributed by atoms with Gasteiger partial charge < -0.3 is 16.4 Å². The predicted molar refractivity (Wildman–Crippen MR) is 72.2 cm³/mol. The van der Waals surface area contributed by atoms with E-state index in [1.54, 1.807) is 0 Å². The van der Waals surface area contributed by atoms with Crippen molar-refractivity contribution in [3.05, 3.63) is 35.4 Å². The van der Waals surface area contributed by atoms with Gasteiger partial charge in [0.25, 0.3) is 0 Å². The molecule has 1 aromatic carbocycles. The van der Waals surface area contributed by atoms with Gasteiger partial charge in [0.2, 0.25) is 11.8 Å². The first-order valence-electron chi connectivity index (χ1n) is 6.52. The molecular weight excluding hydrogens is 242 g/mol. The standard InChI is InChI=1S/C14H19N3O2/c15-8-11-4-2-1-3-10(11)7-13(18)16-9-14(19)17-12-5-6-12/h1-4,12H,5-9,15H2,(H,16,18)(H,17,19). The molecule has 0 unspecified atom stereocenters. The van der Waals surface area contributed by atoms with Gasteiger partial charge in [0, 0.05) is 12.6 Å². The number of nitrogens with two attached hydrogens (primary N) is 1. The van der Waals surface area contributed by atoms with Crippen LogP contribution in [-0.4, -0.2) is 24.4 Å². The second-order valence-electron chi connectivity index (χ2n) is 4.77. The van der Waals surface area contributed by atoms with Crippen molar-refractivity contribution in [3.63, 3.8) is 0 Å². The van der Waals surface area contributed by atoms with E-state index in [4.69, 9.17) is 5.73 Å². The second-order valence-corrected chi connectivity index (χ2v) is 4.77. The van der Waals surface area contributed by atoms with Crippen LogP contribution in [-0.2, 0) is 22.6 Å². The van der Waals surface area contributed by atoms with Crippen LogP contribution in [0, 0.1) is 0 Å². The number of amides is 2. The number of nitrogens with one attached hydrogen (secondary N) is 2. The maximum atomic E-state index is 11.8. The Morgan fingerprint density at radius 2 is 1.84 bits per heavy atom. The lowest BCUT2D eigenvalue weighted by molar-refractivity contribution is -0.125. The SMILES string of the molecule is NCc1ccccc1CC(=O)NCC(=O)NC1CC1. The molecule has 19 heavy (non-hydrogen) atoms. The van der Waals surface area contributed by atoms with Crippen molar-refractivity contribution in [3.8, 4) is 0 Å². The first kappa shape index (κ1) is 13.5. The zero-order valence-electron chi connectivity index (χ0n) is 10.8. The van der Waals surface area contributed by atoms with Crippen molar-refractivity contribution in [2.75, 3.05) is 6.54 Å². The van der Waals surface area contributed by atoms with Crippen molar-refractivity contribution in [2.24, 2.45) is 5.73 Å². The molecule has 0 radical (unpaired) electrons. The summed E-state index contributed by atoms with van der Waals surface area (Å²) in [7, 11) is 0. The second kappa shape index (κ2) is 6.33. The van der Waals surface area contributed by atoms with E-state index in [9.17, 15) is 9.59 Å².